The number of carboxylic acids is 1. The van der Waals surface area contributed by atoms with E-state index in [-0.39, 0.29) is 12.3 Å². The number of nitrogens with zero attached hydrogens (tertiary/aromatic N) is 2. The number of aryl methyl sites for hydroxylation is 3. The van der Waals surface area contributed by atoms with Gasteiger partial charge in [-0.15, -0.1) is 0 Å². The van der Waals surface area contributed by atoms with Crippen LogP contribution in [0.5, 0.6) is 0 Å². The Labute approximate surface area is 180 Å². The average molecular weight is 426 g/mol. The van der Waals surface area contributed by atoms with Gasteiger partial charge in [-0.2, -0.15) is 5.10 Å². The number of amides is 1. The van der Waals surface area contributed by atoms with Gasteiger partial charge < -0.3 is 10.4 Å². The third kappa shape index (κ3) is 4.71. The number of halogens is 1. The molecule has 7 heteroatoms. The van der Waals surface area contributed by atoms with Crippen LogP contribution in [0.2, 0.25) is 5.02 Å². The highest BCUT2D eigenvalue weighted by Gasteiger charge is 2.15. The molecule has 1 heterocycles. The van der Waals surface area contributed by atoms with Crippen LogP contribution in [0.15, 0.2) is 36.4 Å². The molecule has 0 bridgehead atoms. The van der Waals surface area contributed by atoms with Gasteiger partial charge in [0.1, 0.15) is 0 Å². The van der Waals surface area contributed by atoms with Crippen LogP contribution in [0.3, 0.4) is 0 Å². The molecule has 0 aliphatic rings. The van der Waals surface area contributed by atoms with E-state index in [9.17, 15) is 9.59 Å². The molecular weight excluding hydrogens is 402 g/mol. The SMILES string of the molecule is Cc1cc(NC(=O)c2ccc(Cl)cc2C)ccc1Cn1nc(C)c(CC(=O)O)c1C. The number of carboxylic acid groups (broad SMARTS) is 1. The van der Waals surface area contributed by atoms with Crippen molar-refractivity contribution in [2.75, 3.05) is 5.32 Å². The minimum Gasteiger partial charge on any atom is -0.481 e. The lowest BCUT2D eigenvalue weighted by molar-refractivity contribution is -0.136. The Morgan fingerprint density at radius 2 is 1.80 bits per heavy atom. The molecule has 2 aromatic carbocycles. The Balaban J connectivity index is 1.77. The summed E-state index contributed by atoms with van der Waals surface area (Å²) in [5.41, 5.74) is 6.48. The zero-order chi connectivity index (χ0) is 22.0. The molecular formula is C23H24ClN3O3. The van der Waals surface area contributed by atoms with E-state index in [1.54, 1.807) is 18.2 Å². The molecule has 30 heavy (non-hydrogen) atoms. The second-order valence-electron chi connectivity index (χ2n) is 7.43. The van der Waals surface area contributed by atoms with E-state index in [0.29, 0.717) is 22.8 Å². The molecule has 3 aromatic rings. The minimum absolute atomic E-state index is 0.0360. The van der Waals surface area contributed by atoms with Gasteiger partial charge in [0.15, 0.2) is 0 Å². The molecule has 0 aliphatic heterocycles. The fourth-order valence-electron chi connectivity index (χ4n) is 3.49. The molecule has 0 atom stereocenters. The summed E-state index contributed by atoms with van der Waals surface area (Å²) in [5, 5.41) is 17.1. The number of aliphatic carboxylic acids is 1. The summed E-state index contributed by atoms with van der Waals surface area (Å²) in [7, 11) is 0. The predicted octanol–water partition coefficient (Wildman–Crippen LogP) is 4.70. The molecule has 0 spiro atoms. The fourth-order valence-corrected chi connectivity index (χ4v) is 3.71. The number of hydrogen-bond donors (Lipinski definition) is 2. The van der Waals surface area contributed by atoms with Gasteiger partial charge in [0.25, 0.3) is 5.91 Å². The van der Waals surface area contributed by atoms with Crippen molar-refractivity contribution in [3.05, 3.63) is 80.6 Å². The normalized spacial score (nSPS) is 10.8. The first-order chi connectivity index (χ1) is 14.2. The number of carbonyl (C=O) groups is 2. The molecule has 0 saturated carbocycles. The first-order valence-corrected chi connectivity index (χ1v) is 9.95. The smallest absolute Gasteiger partial charge is 0.307 e. The summed E-state index contributed by atoms with van der Waals surface area (Å²) in [5.74, 6) is -1.05. The number of nitrogens with one attached hydrogen (secondary N) is 1. The molecule has 1 aromatic heterocycles. The van der Waals surface area contributed by atoms with E-state index < -0.39 is 5.97 Å². The number of benzene rings is 2. The molecule has 0 aliphatic carbocycles. The maximum absolute atomic E-state index is 12.6. The maximum atomic E-state index is 12.6. The van der Waals surface area contributed by atoms with E-state index in [4.69, 9.17) is 16.7 Å². The van der Waals surface area contributed by atoms with Crippen LogP contribution in [0.4, 0.5) is 5.69 Å². The number of carbonyl (C=O) groups excluding carboxylic acids is 1. The molecule has 0 saturated heterocycles. The zero-order valence-electron chi connectivity index (χ0n) is 17.4. The quantitative estimate of drug-likeness (QED) is 0.599. The van der Waals surface area contributed by atoms with Crippen LogP contribution in [0, 0.1) is 27.7 Å². The van der Waals surface area contributed by atoms with Gasteiger partial charge in [0.05, 0.1) is 18.7 Å². The zero-order valence-corrected chi connectivity index (χ0v) is 18.2. The van der Waals surface area contributed by atoms with Crippen molar-refractivity contribution in [3.8, 4) is 0 Å². The van der Waals surface area contributed by atoms with Crippen molar-refractivity contribution >= 4 is 29.2 Å². The van der Waals surface area contributed by atoms with Gasteiger partial charge in [-0.25, -0.2) is 0 Å². The summed E-state index contributed by atoms with van der Waals surface area (Å²) in [6.07, 6.45) is -0.0360. The molecule has 2 N–H and O–H groups in total. The predicted molar refractivity (Wildman–Crippen MR) is 117 cm³/mol. The van der Waals surface area contributed by atoms with Crippen LogP contribution in [0.25, 0.3) is 0 Å². The Morgan fingerprint density at radius 1 is 1.07 bits per heavy atom. The van der Waals surface area contributed by atoms with Crippen molar-refractivity contribution < 1.29 is 14.7 Å². The average Bonchev–Trinajstić information content (AvgIpc) is 2.91. The lowest BCUT2D eigenvalue weighted by Crippen LogP contribution is -2.14. The molecule has 0 radical (unpaired) electrons. The summed E-state index contributed by atoms with van der Waals surface area (Å²) < 4.78 is 1.82. The monoisotopic (exact) mass is 425 g/mol. The van der Waals surface area contributed by atoms with Gasteiger partial charge >= 0.3 is 5.97 Å². The first kappa shape index (κ1) is 21.6. The Bertz CT molecular complexity index is 1130. The highest BCUT2D eigenvalue weighted by atomic mass is 35.5. The van der Waals surface area contributed by atoms with Crippen molar-refractivity contribution in [2.24, 2.45) is 0 Å². The number of hydrogen-bond acceptors (Lipinski definition) is 3. The third-order valence-corrected chi connectivity index (χ3v) is 5.45. The largest absolute Gasteiger partial charge is 0.481 e. The van der Waals surface area contributed by atoms with Gasteiger partial charge in [0, 0.05) is 27.5 Å². The van der Waals surface area contributed by atoms with Crippen LogP contribution in [0.1, 0.15) is 44.0 Å². The molecule has 0 fully saturated rings. The maximum Gasteiger partial charge on any atom is 0.307 e. The van der Waals surface area contributed by atoms with Crippen LogP contribution < -0.4 is 5.32 Å². The Morgan fingerprint density at radius 3 is 2.43 bits per heavy atom. The Kier molecular flexibility index (Phi) is 6.27. The molecule has 0 unspecified atom stereocenters. The lowest BCUT2D eigenvalue weighted by atomic mass is 10.1. The number of rotatable bonds is 6. The van der Waals surface area contributed by atoms with Gasteiger partial charge in [-0.1, -0.05) is 17.7 Å². The van der Waals surface area contributed by atoms with Crippen molar-refractivity contribution in [2.45, 2.75) is 40.7 Å². The van der Waals surface area contributed by atoms with Crippen molar-refractivity contribution in [1.29, 1.82) is 0 Å². The fraction of sp³-hybridized carbons (Fsp3) is 0.261. The lowest BCUT2D eigenvalue weighted by Gasteiger charge is -2.12. The van der Waals surface area contributed by atoms with Crippen LogP contribution in [-0.4, -0.2) is 26.8 Å². The second kappa shape index (κ2) is 8.71. The topological polar surface area (TPSA) is 84.2 Å². The second-order valence-corrected chi connectivity index (χ2v) is 7.87. The minimum atomic E-state index is -0.868. The molecule has 1 amide bonds. The number of aromatic nitrogens is 2. The molecule has 156 valence electrons. The van der Waals surface area contributed by atoms with Gasteiger partial charge in [0.2, 0.25) is 0 Å². The van der Waals surface area contributed by atoms with E-state index in [0.717, 1.165) is 33.6 Å². The third-order valence-electron chi connectivity index (χ3n) is 5.21. The summed E-state index contributed by atoms with van der Waals surface area (Å²) in [6, 6.07) is 10.9. The van der Waals surface area contributed by atoms with E-state index in [1.807, 2.05) is 50.6 Å². The summed E-state index contributed by atoms with van der Waals surface area (Å²) in [6.45, 7) is 8.07. The van der Waals surface area contributed by atoms with E-state index in [1.165, 1.54) is 0 Å². The van der Waals surface area contributed by atoms with Crippen LogP contribution in [-0.2, 0) is 17.8 Å². The summed E-state index contributed by atoms with van der Waals surface area (Å²) >= 11 is 5.97. The highest BCUT2D eigenvalue weighted by molar-refractivity contribution is 6.30. The molecule has 6 nitrogen and oxygen atoms in total. The summed E-state index contributed by atoms with van der Waals surface area (Å²) in [4.78, 5) is 23.7. The van der Waals surface area contributed by atoms with Crippen molar-refractivity contribution in [3.63, 3.8) is 0 Å². The van der Waals surface area contributed by atoms with Gasteiger partial charge in [-0.3, -0.25) is 14.3 Å². The van der Waals surface area contributed by atoms with Crippen LogP contribution >= 0.6 is 11.6 Å². The first-order valence-electron chi connectivity index (χ1n) is 9.57. The van der Waals surface area contributed by atoms with Gasteiger partial charge in [-0.05, 0) is 74.7 Å². The van der Waals surface area contributed by atoms with E-state index in [2.05, 4.69) is 10.4 Å². The Hall–Kier alpha value is -3.12. The van der Waals surface area contributed by atoms with E-state index >= 15 is 0 Å². The standard InChI is InChI=1S/C23H24ClN3O3/c1-13-10-19(25-23(30)20-8-6-18(24)9-14(20)2)7-5-17(13)12-27-16(4)21(11-22(28)29)15(3)26-27/h5-10H,11-12H2,1-4H3,(H,25,30)(H,28,29). The molecule has 3 rings (SSSR count). The highest BCUT2D eigenvalue weighted by Crippen LogP contribution is 2.21. The number of anilines is 1. The van der Waals surface area contributed by atoms with Crippen molar-refractivity contribution in [1.82, 2.24) is 9.78 Å².